The number of aromatic nitrogens is 1. The summed E-state index contributed by atoms with van der Waals surface area (Å²) in [6, 6.07) is 1.93. The fraction of sp³-hybridized carbons (Fsp3) is 0.375. The summed E-state index contributed by atoms with van der Waals surface area (Å²) in [7, 11) is 0. The Morgan fingerprint density at radius 1 is 1.60 bits per heavy atom. The van der Waals surface area contributed by atoms with E-state index in [1.807, 2.05) is 19.2 Å². The molecule has 0 bridgehead atoms. The second-order valence-electron chi connectivity index (χ2n) is 2.39. The Morgan fingerprint density at radius 3 is 2.80 bits per heavy atom. The van der Waals surface area contributed by atoms with Gasteiger partial charge in [-0.3, -0.25) is 4.98 Å². The Labute approximate surface area is 61.1 Å². The summed E-state index contributed by atoms with van der Waals surface area (Å²) in [6.45, 7) is 4.03. The Balaban J connectivity index is 3.04. The number of hydrogen-bond acceptors (Lipinski definition) is 2. The van der Waals surface area contributed by atoms with Crippen LogP contribution in [0.25, 0.3) is 0 Å². The van der Waals surface area contributed by atoms with Crippen LogP contribution in [0.1, 0.15) is 18.2 Å². The van der Waals surface area contributed by atoms with Crippen LogP contribution in [0, 0.1) is 6.92 Å². The zero-order chi connectivity index (χ0) is 7.56. The van der Waals surface area contributed by atoms with Crippen molar-refractivity contribution in [2.45, 2.75) is 20.3 Å². The summed E-state index contributed by atoms with van der Waals surface area (Å²) < 4.78 is 0. The Bertz CT molecular complexity index is 231. The molecule has 2 heteroatoms. The van der Waals surface area contributed by atoms with Crippen molar-refractivity contribution in [1.29, 1.82) is 0 Å². The van der Waals surface area contributed by atoms with Crippen LogP contribution in [0.5, 0.6) is 0 Å². The summed E-state index contributed by atoms with van der Waals surface area (Å²) in [5, 5.41) is 0. The number of nitrogen functional groups attached to an aromatic ring is 1. The molecule has 1 aromatic heterocycles. The van der Waals surface area contributed by atoms with Crippen molar-refractivity contribution in [1.82, 2.24) is 4.98 Å². The van der Waals surface area contributed by atoms with Crippen molar-refractivity contribution >= 4 is 5.69 Å². The van der Waals surface area contributed by atoms with Gasteiger partial charge in [0.2, 0.25) is 0 Å². The minimum atomic E-state index is 0.840. The lowest BCUT2D eigenvalue weighted by molar-refractivity contribution is 1.03. The van der Waals surface area contributed by atoms with E-state index in [1.165, 1.54) is 0 Å². The largest absolute Gasteiger partial charge is 0.398 e. The third-order valence-corrected chi connectivity index (χ3v) is 1.56. The smallest absolute Gasteiger partial charge is 0.0421 e. The first kappa shape index (κ1) is 7.06. The van der Waals surface area contributed by atoms with Gasteiger partial charge in [0.1, 0.15) is 0 Å². The monoisotopic (exact) mass is 136 g/mol. The maximum Gasteiger partial charge on any atom is 0.0421 e. The Morgan fingerprint density at radius 2 is 2.30 bits per heavy atom. The second kappa shape index (κ2) is 2.69. The molecule has 0 amide bonds. The number of aryl methyl sites for hydroxylation is 2. The van der Waals surface area contributed by atoms with Gasteiger partial charge in [0.25, 0.3) is 0 Å². The lowest BCUT2D eigenvalue weighted by Gasteiger charge is -2.00. The van der Waals surface area contributed by atoms with Gasteiger partial charge in [-0.05, 0) is 25.0 Å². The lowest BCUT2D eigenvalue weighted by atomic mass is 10.2. The van der Waals surface area contributed by atoms with E-state index < -0.39 is 0 Å². The zero-order valence-electron chi connectivity index (χ0n) is 6.39. The van der Waals surface area contributed by atoms with E-state index in [4.69, 9.17) is 5.73 Å². The third kappa shape index (κ3) is 1.26. The first-order valence-electron chi connectivity index (χ1n) is 3.45. The quantitative estimate of drug-likeness (QED) is 0.636. The van der Waals surface area contributed by atoms with Crippen molar-refractivity contribution in [3.8, 4) is 0 Å². The van der Waals surface area contributed by atoms with Gasteiger partial charge in [-0.25, -0.2) is 0 Å². The second-order valence-corrected chi connectivity index (χ2v) is 2.39. The van der Waals surface area contributed by atoms with Crippen LogP contribution >= 0.6 is 0 Å². The molecule has 10 heavy (non-hydrogen) atoms. The summed E-state index contributed by atoms with van der Waals surface area (Å²) in [6.07, 6.45) is 2.76. The number of anilines is 1. The van der Waals surface area contributed by atoms with Crippen LogP contribution < -0.4 is 5.73 Å². The summed E-state index contributed by atoms with van der Waals surface area (Å²) in [5.41, 5.74) is 8.61. The number of nitrogens with two attached hydrogens (primary N) is 1. The highest BCUT2D eigenvalue weighted by molar-refractivity contribution is 5.45. The first-order chi connectivity index (χ1) is 4.74. The predicted molar refractivity (Wildman–Crippen MR) is 42.8 cm³/mol. The van der Waals surface area contributed by atoms with Gasteiger partial charge in [-0.1, -0.05) is 6.92 Å². The minimum absolute atomic E-state index is 0.840. The van der Waals surface area contributed by atoms with Crippen LogP contribution in [0.4, 0.5) is 5.69 Å². The van der Waals surface area contributed by atoms with Crippen molar-refractivity contribution in [2.75, 3.05) is 5.73 Å². The molecule has 1 heterocycles. The molecule has 54 valence electrons. The number of hydrogen-bond donors (Lipinski definition) is 1. The van der Waals surface area contributed by atoms with Crippen LogP contribution in [0.2, 0.25) is 0 Å². The molecule has 1 rings (SSSR count). The molecule has 1 aromatic rings. The van der Waals surface area contributed by atoms with Gasteiger partial charge in [-0.15, -0.1) is 0 Å². The maximum atomic E-state index is 5.66. The first-order valence-corrected chi connectivity index (χ1v) is 3.45. The van der Waals surface area contributed by atoms with Gasteiger partial charge in [0.05, 0.1) is 0 Å². The molecule has 2 nitrogen and oxygen atoms in total. The van der Waals surface area contributed by atoms with Crippen molar-refractivity contribution in [3.63, 3.8) is 0 Å². The number of rotatable bonds is 1. The number of pyridine rings is 1. The standard InChI is InChI=1S/C8H12N2/c1-3-7-4-8(9)6(2)5-10-7/h4-5H,3H2,1-2H3,(H2,9,10). The van der Waals surface area contributed by atoms with E-state index in [1.54, 1.807) is 0 Å². The van der Waals surface area contributed by atoms with E-state index in [-0.39, 0.29) is 0 Å². The highest BCUT2D eigenvalue weighted by Crippen LogP contribution is 2.09. The molecular formula is C8H12N2. The summed E-state index contributed by atoms with van der Waals surface area (Å²) >= 11 is 0. The molecule has 0 atom stereocenters. The van der Waals surface area contributed by atoms with Gasteiger partial charge in [0.15, 0.2) is 0 Å². The predicted octanol–water partition coefficient (Wildman–Crippen LogP) is 1.53. The molecule has 0 aliphatic heterocycles. The molecule has 0 unspecified atom stereocenters. The summed E-state index contributed by atoms with van der Waals surface area (Å²) in [4.78, 5) is 4.18. The minimum Gasteiger partial charge on any atom is -0.398 e. The van der Waals surface area contributed by atoms with Crippen LogP contribution in [0.3, 0.4) is 0 Å². The average Bonchev–Trinajstić information content (AvgIpc) is 1.95. The molecule has 0 aliphatic carbocycles. The topological polar surface area (TPSA) is 38.9 Å². The van der Waals surface area contributed by atoms with Crippen molar-refractivity contribution in [3.05, 3.63) is 23.5 Å². The Hall–Kier alpha value is -1.05. The van der Waals surface area contributed by atoms with Crippen LogP contribution in [0.15, 0.2) is 12.3 Å². The molecule has 0 radical (unpaired) electrons. The van der Waals surface area contributed by atoms with E-state index >= 15 is 0 Å². The molecule has 0 aliphatic rings. The van der Waals surface area contributed by atoms with E-state index in [2.05, 4.69) is 11.9 Å². The van der Waals surface area contributed by atoms with Crippen molar-refractivity contribution < 1.29 is 0 Å². The lowest BCUT2D eigenvalue weighted by Crippen LogP contribution is -1.94. The third-order valence-electron chi connectivity index (χ3n) is 1.56. The average molecular weight is 136 g/mol. The molecule has 0 fully saturated rings. The molecule has 2 N–H and O–H groups in total. The van der Waals surface area contributed by atoms with Gasteiger partial charge >= 0.3 is 0 Å². The van der Waals surface area contributed by atoms with E-state index in [0.29, 0.717) is 0 Å². The SMILES string of the molecule is CCc1cc(N)c(C)cn1. The van der Waals surface area contributed by atoms with Crippen LogP contribution in [-0.2, 0) is 6.42 Å². The fourth-order valence-corrected chi connectivity index (χ4v) is 0.778. The van der Waals surface area contributed by atoms with Gasteiger partial charge in [0, 0.05) is 17.6 Å². The molecule has 0 saturated heterocycles. The highest BCUT2D eigenvalue weighted by atomic mass is 14.7. The fourth-order valence-electron chi connectivity index (χ4n) is 0.778. The molecule has 0 saturated carbocycles. The zero-order valence-corrected chi connectivity index (χ0v) is 6.39. The van der Waals surface area contributed by atoms with Gasteiger partial charge < -0.3 is 5.73 Å². The van der Waals surface area contributed by atoms with E-state index in [0.717, 1.165) is 23.4 Å². The molecule has 0 aromatic carbocycles. The highest BCUT2D eigenvalue weighted by Gasteiger charge is 1.94. The number of nitrogens with zero attached hydrogens (tertiary/aromatic N) is 1. The Kier molecular flexibility index (Phi) is 1.90. The maximum absolute atomic E-state index is 5.66. The van der Waals surface area contributed by atoms with Crippen LogP contribution in [-0.4, -0.2) is 4.98 Å². The molecule has 0 spiro atoms. The molecular weight excluding hydrogens is 124 g/mol. The van der Waals surface area contributed by atoms with E-state index in [9.17, 15) is 0 Å². The van der Waals surface area contributed by atoms with Crippen molar-refractivity contribution in [2.24, 2.45) is 0 Å². The van der Waals surface area contributed by atoms with Gasteiger partial charge in [-0.2, -0.15) is 0 Å². The normalized spacial score (nSPS) is 9.80. The summed E-state index contributed by atoms with van der Waals surface area (Å²) in [5.74, 6) is 0.